The number of nitrogens with zero attached hydrogens (tertiary/aromatic N) is 1. The van der Waals surface area contributed by atoms with Gasteiger partial charge in [-0.3, -0.25) is 0 Å². The summed E-state index contributed by atoms with van der Waals surface area (Å²) in [7, 11) is 1.90. The molecule has 94 valence electrons. The van der Waals surface area contributed by atoms with Crippen LogP contribution < -0.4 is 4.90 Å². The Morgan fingerprint density at radius 3 is 2.41 bits per heavy atom. The lowest BCUT2D eigenvalue weighted by atomic mass is 10.1. The zero-order valence-electron chi connectivity index (χ0n) is 10.4. The van der Waals surface area contributed by atoms with Gasteiger partial charge in [0.05, 0.1) is 5.56 Å². The van der Waals surface area contributed by atoms with Gasteiger partial charge in [0, 0.05) is 18.8 Å². The summed E-state index contributed by atoms with van der Waals surface area (Å²) in [5.74, 6) is -1.92. The summed E-state index contributed by atoms with van der Waals surface area (Å²) in [6.45, 7) is 4.15. The Hall–Kier alpha value is -1.58. The maximum absolute atomic E-state index is 13.5. The molecule has 0 amide bonds. The van der Waals surface area contributed by atoms with Gasteiger partial charge in [-0.15, -0.1) is 0 Å². The Bertz CT molecular complexity index is 402. The van der Waals surface area contributed by atoms with Crippen molar-refractivity contribution in [3.05, 3.63) is 29.6 Å². The third-order valence-electron chi connectivity index (χ3n) is 3.08. The fourth-order valence-corrected chi connectivity index (χ4v) is 1.94. The summed E-state index contributed by atoms with van der Waals surface area (Å²) in [5, 5.41) is 8.74. The molecule has 0 spiro atoms. The molecule has 3 nitrogen and oxygen atoms in total. The van der Waals surface area contributed by atoms with E-state index >= 15 is 0 Å². The van der Waals surface area contributed by atoms with Crippen LogP contribution in [0.1, 0.15) is 37.0 Å². The SMILES string of the molecule is CCC(CC)N(C)c1ccc(C(=O)O)c(F)c1. The van der Waals surface area contributed by atoms with Crippen LogP contribution in [-0.2, 0) is 0 Å². The molecule has 1 N–H and O–H groups in total. The van der Waals surface area contributed by atoms with Gasteiger partial charge in [-0.1, -0.05) is 13.8 Å². The molecule has 1 aromatic carbocycles. The first-order valence-corrected chi connectivity index (χ1v) is 5.76. The average molecular weight is 239 g/mol. The number of aromatic carboxylic acids is 1. The highest BCUT2D eigenvalue weighted by atomic mass is 19.1. The number of hydrogen-bond acceptors (Lipinski definition) is 2. The Balaban J connectivity index is 3.00. The highest BCUT2D eigenvalue weighted by molar-refractivity contribution is 5.88. The number of carboxylic acids is 1. The fraction of sp³-hybridized carbons (Fsp3) is 0.462. The molecule has 0 aromatic heterocycles. The third-order valence-corrected chi connectivity index (χ3v) is 3.08. The van der Waals surface area contributed by atoms with Gasteiger partial charge >= 0.3 is 5.97 Å². The van der Waals surface area contributed by atoms with Crippen molar-refractivity contribution in [3.8, 4) is 0 Å². The number of carbonyl (C=O) groups is 1. The van der Waals surface area contributed by atoms with Crippen LogP contribution in [0, 0.1) is 5.82 Å². The predicted octanol–water partition coefficient (Wildman–Crippen LogP) is 3.15. The van der Waals surface area contributed by atoms with Crippen molar-refractivity contribution >= 4 is 11.7 Å². The molecule has 0 saturated carbocycles. The Morgan fingerprint density at radius 2 is 2.00 bits per heavy atom. The summed E-state index contributed by atoms with van der Waals surface area (Å²) in [5.41, 5.74) is 0.424. The standard InChI is InChI=1S/C13H18FNO2/c1-4-9(5-2)15(3)10-6-7-11(13(16)17)12(14)8-10/h6-9H,4-5H2,1-3H3,(H,16,17). The molecule has 1 aromatic rings. The number of rotatable bonds is 5. The molecule has 0 fully saturated rings. The van der Waals surface area contributed by atoms with E-state index in [4.69, 9.17) is 5.11 Å². The van der Waals surface area contributed by atoms with Gasteiger partial charge in [-0.2, -0.15) is 0 Å². The molecule has 0 radical (unpaired) electrons. The summed E-state index contributed by atoms with van der Waals surface area (Å²) < 4.78 is 13.5. The molecule has 0 aliphatic rings. The summed E-state index contributed by atoms with van der Waals surface area (Å²) in [6.07, 6.45) is 1.94. The van der Waals surface area contributed by atoms with Crippen molar-refractivity contribution in [2.24, 2.45) is 0 Å². The van der Waals surface area contributed by atoms with Crippen LogP contribution in [0.25, 0.3) is 0 Å². The summed E-state index contributed by atoms with van der Waals surface area (Å²) in [4.78, 5) is 12.7. The second kappa shape index (κ2) is 5.66. The molecule has 0 aliphatic heterocycles. The molecule has 0 atom stereocenters. The van der Waals surface area contributed by atoms with E-state index in [2.05, 4.69) is 13.8 Å². The van der Waals surface area contributed by atoms with Crippen LogP contribution in [0.5, 0.6) is 0 Å². The predicted molar refractivity (Wildman–Crippen MR) is 66.1 cm³/mol. The van der Waals surface area contributed by atoms with Crippen molar-refractivity contribution in [1.29, 1.82) is 0 Å². The van der Waals surface area contributed by atoms with E-state index in [0.29, 0.717) is 11.7 Å². The Labute approximate surface area is 101 Å². The Morgan fingerprint density at radius 1 is 1.41 bits per heavy atom. The van der Waals surface area contributed by atoms with Crippen molar-refractivity contribution in [1.82, 2.24) is 0 Å². The highest BCUT2D eigenvalue weighted by Gasteiger charge is 2.15. The van der Waals surface area contributed by atoms with Gasteiger partial charge < -0.3 is 10.0 Å². The zero-order chi connectivity index (χ0) is 13.0. The quantitative estimate of drug-likeness (QED) is 0.858. The molecule has 1 rings (SSSR count). The van der Waals surface area contributed by atoms with Crippen LogP contribution in [0.4, 0.5) is 10.1 Å². The van der Waals surface area contributed by atoms with Gasteiger partial charge in [-0.05, 0) is 31.0 Å². The second-order valence-corrected chi connectivity index (χ2v) is 4.05. The number of hydrogen-bond donors (Lipinski definition) is 1. The normalized spacial score (nSPS) is 10.6. The van der Waals surface area contributed by atoms with E-state index in [0.717, 1.165) is 12.8 Å². The second-order valence-electron chi connectivity index (χ2n) is 4.05. The largest absolute Gasteiger partial charge is 0.478 e. The first-order valence-electron chi connectivity index (χ1n) is 5.76. The number of halogens is 1. The number of carboxylic acid groups (broad SMARTS) is 1. The fourth-order valence-electron chi connectivity index (χ4n) is 1.94. The van der Waals surface area contributed by atoms with E-state index in [9.17, 15) is 9.18 Å². The van der Waals surface area contributed by atoms with E-state index in [-0.39, 0.29) is 5.56 Å². The zero-order valence-corrected chi connectivity index (χ0v) is 10.4. The molecular weight excluding hydrogens is 221 g/mol. The van der Waals surface area contributed by atoms with Crippen LogP contribution in [0.15, 0.2) is 18.2 Å². The minimum Gasteiger partial charge on any atom is -0.478 e. The smallest absolute Gasteiger partial charge is 0.338 e. The number of anilines is 1. The number of benzene rings is 1. The lowest BCUT2D eigenvalue weighted by molar-refractivity contribution is 0.0692. The van der Waals surface area contributed by atoms with E-state index in [1.54, 1.807) is 6.07 Å². The minimum absolute atomic E-state index is 0.285. The van der Waals surface area contributed by atoms with Crippen molar-refractivity contribution in [2.45, 2.75) is 32.7 Å². The van der Waals surface area contributed by atoms with E-state index < -0.39 is 11.8 Å². The molecule has 4 heteroatoms. The average Bonchev–Trinajstić information content (AvgIpc) is 2.29. The summed E-state index contributed by atoms with van der Waals surface area (Å²) in [6, 6.07) is 4.57. The van der Waals surface area contributed by atoms with Gasteiger partial charge in [0.2, 0.25) is 0 Å². The maximum Gasteiger partial charge on any atom is 0.338 e. The maximum atomic E-state index is 13.5. The molecule has 17 heavy (non-hydrogen) atoms. The van der Waals surface area contributed by atoms with E-state index in [1.807, 2.05) is 11.9 Å². The third kappa shape index (κ3) is 2.96. The Kier molecular flexibility index (Phi) is 4.49. The summed E-state index contributed by atoms with van der Waals surface area (Å²) >= 11 is 0. The molecule has 0 heterocycles. The first-order chi connectivity index (χ1) is 8.01. The molecular formula is C13H18FNO2. The van der Waals surface area contributed by atoms with Crippen molar-refractivity contribution < 1.29 is 14.3 Å². The van der Waals surface area contributed by atoms with Gasteiger partial charge in [-0.25, -0.2) is 9.18 Å². The van der Waals surface area contributed by atoms with Crippen LogP contribution >= 0.6 is 0 Å². The molecule has 0 aliphatic carbocycles. The van der Waals surface area contributed by atoms with Crippen LogP contribution in [-0.4, -0.2) is 24.2 Å². The lowest BCUT2D eigenvalue weighted by Gasteiger charge is -2.28. The van der Waals surface area contributed by atoms with Crippen molar-refractivity contribution in [2.75, 3.05) is 11.9 Å². The minimum atomic E-state index is -1.24. The topological polar surface area (TPSA) is 40.5 Å². The van der Waals surface area contributed by atoms with Crippen molar-refractivity contribution in [3.63, 3.8) is 0 Å². The van der Waals surface area contributed by atoms with Gasteiger partial charge in [0.25, 0.3) is 0 Å². The lowest BCUT2D eigenvalue weighted by Crippen LogP contribution is -2.30. The highest BCUT2D eigenvalue weighted by Crippen LogP contribution is 2.21. The van der Waals surface area contributed by atoms with E-state index in [1.165, 1.54) is 12.1 Å². The van der Waals surface area contributed by atoms with Gasteiger partial charge in [0.1, 0.15) is 5.82 Å². The van der Waals surface area contributed by atoms with Gasteiger partial charge in [0.15, 0.2) is 0 Å². The van der Waals surface area contributed by atoms with Crippen LogP contribution in [0.2, 0.25) is 0 Å². The monoisotopic (exact) mass is 239 g/mol. The molecule has 0 unspecified atom stereocenters. The van der Waals surface area contributed by atoms with Crippen LogP contribution in [0.3, 0.4) is 0 Å². The molecule has 0 bridgehead atoms. The first kappa shape index (κ1) is 13.5. The molecule has 0 saturated heterocycles.